The lowest BCUT2D eigenvalue weighted by atomic mass is 10.2. The van der Waals surface area contributed by atoms with E-state index in [9.17, 15) is 8.78 Å². The highest BCUT2D eigenvalue weighted by atomic mass is 19.1. The van der Waals surface area contributed by atoms with Crippen LogP contribution in [0.5, 0.6) is 0 Å². The third kappa shape index (κ3) is 2.80. The normalized spacial score (nSPS) is 9.90. The van der Waals surface area contributed by atoms with Crippen molar-refractivity contribution in [1.82, 2.24) is 9.97 Å². The lowest BCUT2D eigenvalue weighted by Gasteiger charge is -2.10. The van der Waals surface area contributed by atoms with Crippen LogP contribution in [0.3, 0.4) is 0 Å². The van der Waals surface area contributed by atoms with Crippen molar-refractivity contribution in [3.8, 4) is 6.07 Å². The predicted molar refractivity (Wildman–Crippen MR) is 70.6 cm³/mol. The molecule has 0 atom stereocenters. The summed E-state index contributed by atoms with van der Waals surface area (Å²) >= 11 is 0. The Morgan fingerprint density at radius 3 is 2.80 bits per heavy atom. The molecule has 0 fully saturated rings. The van der Waals surface area contributed by atoms with Gasteiger partial charge in [0.25, 0.3) is 0 Å². The molecule has 0 amide bonds. The van der Waals surface area contributed by atoms with Crippen molar-refractivity contribution in [3.05, 3.63) is 41.6 Å². The number of rotatable bonds is 4. The fraction of sp³-hybridized carbons (Fsp3) is 0.154. The average molecular weight is 275 g/mol. The summed E-state index contributed by atoms with van der Waals surface area (Å²) < 4.78 is 27.1. The van der Waals surface area contributed by atoms with Crippen molar-refractivity contribution in [1.29, 1.82) is 5.26 Å². The lowest BCUT2D eigenvalue weighted by molar-refractivity contribution is 0.618. The third-order valence-corrected chi connectivity index (χ3v) is 2.46. The minimum atomic E-state index is -0.695. The van der Waals surface area contributed by atoms with E-state index in [1.54, 1.807) is 6.07 Å². The van der Waals surface area contributed by atoms with Crippen molar-refractivity contribution in [3.63, 3.8) is 0 Å². The van der Waals surface area contributed by atoms with Gasteiger partial charge in [-0.05, 0) is 19.1 Å². The largest absolute Gasteiger partial charge is 0.354 e. The molecule has 0 spiro atoms. The zero-order valence-corrected chi connectivity index (χ0v) is 10.6. The number of halogens is 2. The molecule has 7 heteroatoms. The maximum absolute atomic E-state index is 13.6. The van der Waals surface area contributed by atoms with Gasteiger partial charge in [-0.1, -0.05) is 6.07 Å². The third-order valence-electron chi connectivity index (χ3n) is 2.46. The molecular formula is C13H11F2N5. The molecule has 2 N–H and O–H groups in total. The first-order valence-corrected chi connectivity index (χ1v) is 5.87. The molecule has 102 valence electrons. The molecule has 2 rings (SSSR count). The van der Waals surface area contributed by atoms with Crippen molar-refractivity contribution in [2.75, 3.05) is 17.2 Å². The van der Waals surface area contributed by atoms with E-state index in [-0.39, 0.29) is 23.0 Å². The summed E-state index contributed by atoms with van der Waals surface area (Å²) in [7, 11) is 0. The number of nitrogens with one attached hydrogen (secondary N) is 2. The van der Waals surface area contributed by atoms with Crippen LogP contribution >= 0.6 is 0 Å². The number of aromatic nitrogens is 2. The Balaban J connectivity index is 2.37. The molecule has 0 saturated carbocycles. The van der Waals surface area contributed by atoms with E-state index >= 15 is 0 Å². The van der Waals surface area contributed by atoms with E-state index in [1.165, 1.54) is 12.1 Å². The molecule has 2 aromatic rings. The van der Waals surface area contributed by atoms with E-state index in [0.717, 1.165) is 12.3 Å². The number of hydrogen-bond acceptors (Lipinski definition) is 5. The summed E-state index contributed by atoms with van der Waals surface area (Å²) in [5, 5.41) is 14.4. The van der Waals surface area contributed by atoms with Crippen molar-refractivity contribution in [2.45, 2.75) is 6.92 Å². The fourth-order valence-corrected chi connectivity index (χ4v) is 1.57. The van der Waals surface area contributed by atoms with Crippen LogP contribution in [0.2, 0.25) is 0 Å². The SMILES string of the molecule is CCNc1ncc(F)c(Nc2cccc(F)c2C#N)n1. The van der Waals surface area contributed by atoms with Crippen LogP contribution in [0.4, 0.5) is 26.2 Å². The number of hydrogen-bond donors (Lipinski definition) is 2. The maximum atomic E-state index is 13.6. The van der Waals surface area contributed by atoms with Crippen LogP contribution in [0.1, 0.15) is 12.5 Å². The highest BCUT2D eigenvalue weighted by Crippen LogP contribution is 2.23. The van der Waals surface area contributed by atoms with E-state index < -0.39 is 11.6 Å². The van der Waals surface area contributed by atoms with Gasteiger partial charge in [-0.25, -0.2) is 13.8 Å². The molecular weight excluding hydrogens is 264 g/mol. The molecule has 1 heterocycles. The first-order valence-electron chi connectivity index (χ1n) is 5.87. The molecule has 0 saturated heterocycles. The highest BCUT2D eigenvalue weighted by molar-refractivity contribution is 5.65. The Labute approximate surface area is 114 Å². The molecule has 1 aromatic heterocycles. The van der Waals surface area contributed by atoms with E-state index in [2.05, 4.69) is 20.6 Å². The molecule has 0 aliphatic carbocycles. The molecule has 0 unspecified atom stereocenters. The lowest BCUT2D eigenvalue weighted by Crippen LogP contribution is -2.06. The van der Waals surface area contributed by atoms with Crippen molar-refractivity contribution < 1.29 is 8.78 Å². The van der Waals surface area contributed by atoms with Gasteiger partial charge in [0.15, 0.2) is 11.6 Å². The Kier molecular flexibility index (Phi) is 4.05. The number of nitrogens with zero attached hydrogens (tertiary/aromatic N) is 3. The predicted octanol–water partition coefficient (Wildman–Crippen LogP) is 2.80. The van der Waals surface area contributed by atoms with Gasteiger partial charge >= 0.3 is 0 Å². The Morgan fingerprint density at radius 1 is 1.30 bits per heavy atom. The van der Waals surface area contributed by atoms with Crippen LogP contribution in [0.15, 0.2) is 24.4 Å². The number of nitriles is 1. The average Bonchev–Trinajstić information content (AvgIpc) is 2.43. The second-order valence-corrected chi connectivity index (χ2v) is 3.82. The molecule has 20 heavy (non-hydrogen) atoms. The van der Waals surface area contributed by atoms with Gasteiger partial charge < -0.3 is 10.6 Å². The first kappa shape index (κ1) is 13.7. The van der Waals surface area contributed by atoms with Gasteiger partial charge in [0.2, 0.25) is 5.95 Å². The number of anilines is 3. The van der Waals surface area contributed by atoms with Crippen molar-refractivity contribution >= 4 is 17.5 Å². The summed E-state index contributed by atoms with van der Waals surface area (Å²) in [5.74, 6) is -1.26. The van der Waals surface area contributed by atoms with Crippen LogP contribution in [0.25, 0.3) is 0 Å². The summed E-state index contributed by atoms with van der Waals surface area (Å²) in [4.78, 5) is 7.68. The highest BCUT2D eigenvalue weighted by Gasteiger charge is 2.12. The second kappa shape index (κ2) is 5.93. The van der Waals surface area contributed by atoms with Crippen LogP contribution in [-0.2, 0) is 0 Å². The quantitative estimate of drug-likeness (QED) is 0.897. The summed E-state index contributed by atoms with van der Waals surface area (Å²) in [5.41, 5.74) is -0.0527. The zero-order valence-electron chi connectivity index (χ0n) is 10.6. The van der Waals surface area contributed by atoms with Gasteiger partial charge in [-0.2, -0.15) is 10.2 Å². The van der Waals surface area contributed by atoms with Crippen LogP contribution < -0.4 is 10.6 Å². The molecule has 0 aliphatic heterocycles. The summed E-state index contributed by atoms with van der Waals surface area (Å²) in [6, 6.07) is 5.77. The second-order valence-electron chi connectivity index (χ2n) is 3.82. The van der Waals surface area contributed by atoms with Crippen LogP contribution in [-0.4, -0.2) is 16.5 Å². The van der Waals surface area contributed by atoms with Gasteiger partial charge in [0.05, 0.1) is 11.9 Å². The molecule has 0 aliphatic rings. The first-order chi connectivity index (χ1) is 9.65. The van der Waals surface area contributed by atoms with Gasteiger partial charge in [0.1, 0.15) is 17.4 Å². The van der Waals surface area contributed by atoms with E-state index in [1.807, 2.05) is 6.92 Å². The topological polar surface area (TPSA) is 73.6 Å². The maximum Gasteiger partial charge on any atom is 0.224 e. The molecule has 5 nitrogen and oxygen atoms in total. The fourth-order valence-electron chi connectivity index (χ4n) is 1.57. The molecule has 1 aromatic carbocycles. The van der Waals surface area contributed by atoms with Crippen LogP contribution in [0, 0.1) is 23.0 Å². The molecule has 0 radical (unpaired) electrons. The smallest absolute Gasteiger partial charge is 0.224 e. The van der Waals surface area contributed by atoms with E-state index in [4.69, 9.17) is 5.26 Å². The molecule has 0 bridgehead atoms. The van der Waals surface area contributed by atoms with Gasteiger partial charge in [0, 0.05) is 6.54 Å². The van der Waals surface area contributed by atoms with Gasteiger partial charge in [-0.3, -0.25) is 0 Å². The number of benzene rings is 1. The standard InChI is InChI=1S/C13H11F2N5/c1-2-17-13-18-7-10(15)12(20-13)19-11-5-3-4-9(14)8(11)6-16/h3-5,7H,2H2,1H3,(H2,17,18,19,20). The Morgan fingerprint density at radius 2 is 2.10 bits per heavy atom. The zero-order chi connectivity index (χ0) is 14.5. The minimum Gasteiger partial charge on any atom is -0.354 e. The monoisotopic (exact) mass is 275 g/mol. The van der Waals surface area contributed by atoms with E-state index in [0.29, 0.717) is 6.54 Å². The van der Waals surface area contributed by atoms with Crippen molar-refractivity contribution in [2.24, 2.45) is 0 Å². The Bertz CT molecular complexity index is 666. The minimum absolute atomic E-state index is 0.127. The van der Waals surface area contributed by atoms with Gasteiger partial charge in [-0.15, -0.1) is 0 Å². The Hall–Kier alpha value is -2.75. The summed E-state index contributed by atoms with van der Waals surface area (Å²) in [6.45, 7) is 2.43. The summed E-state index contributed by atoms with van der Waals surface area (Å²) in [6.07, 6.45) is 0.999.